The molecule has 0 unspecified atom stereocenters. The van der Waals surface area contributed by atoms with Crippen molar-refractivity contribution in [1.82, 2.24) is 4.90 Å². The molecule has 0 bridgehead atoms. The van der Waals surface area contributed by atoms with Crippen LogP contribution in [0.5, 0.6) is 0 Å². The van der Waals surface area contributed by atoms with Crippen molar-refractivity contribution >= 4 is 5.91 Å². The smallest absolute Gasteiger partial charge is 0.338 e. The van der Waals surface area contributed by atoms with Crippen LogP contribution in [-0.4, -0.2) is 17.4 Å². The van der Waals surface area contributed by atoms with Crippen molar-refractivity contribution in [2.75, 3.05) is 6.54 Å². The summed E-state index contributed by atoms with van der Waals surface area (Å²) in [5.41, 5.74) is 2.37. The molecule has 0 saturated heterocycles. The lowest BCUT2D eigenvalue weighted by molar-refractivity contribution is -0.137. The molecule has 0 saturated carbocycles. The first kappa shape index (κ1) is 23.6. The van der Waals surface area contributed by atoms with Gasteiger partial charge in [0.15, 0.2) is 0 Å². The van der Waals surface area contributed by atoms with E-state index in [0.717, 1.165) is 25.0 Å². The van der Waals surface area contributed by atoms with E-state index in [4.69, 9.17) is 0 Å². The Labute approximate surface area is 187 Å². The second-order valence-electron chi connectivity index (χ2n) is 7.92. The number of alkyl halides is 3. The van der Waals surface area contributed by atoms with Gasteiger partial charge in [-0.15, -0.1) is 0 Å². The SMILES string of the molecule is CCCC(=O)N(CCC(c1ccccc1)c1ccccc1)Cc1ccc(C(F)(F)F)cc1. The first-order chi connectivity index (χ1) is 15.4. The molecule has 0 fully saturated rings. The van der Waals surface area contributed by atoms with Crippen molar-refractivity contribution in [3.05, 3.63) is 107 Å². The summed E-state index contributed by atoms with van der Waals surface area (Å²) in [4.78, 5) is 14.6. The monoisotopic (exact) mass is 439 g/mol. The fourth-order valence-electron chi connectivity index (χ4n) is 3.86. The number of carbonyl (C=O) groups is 1. The number of benzene rings is 3. The quantitative estimate of drug-likeness (QED) is 0.350. The fourth-order valence-corrected chi connectivity index (χ4v) is 3.86. The van der Waals surface area contributed by atoms with Gasteiger partial charge in [0.1, 0.15) is 0 Å². The molecule has 0 radical (unpaired) electrons. The zero-order valence-electron chi connectivity index (χ0n) is 18.2. The molecule has 3 aromatic rings. The van der Waals surface area contributed by atoms with Gasteiger partial charge in [0.05, 0.1) is 5.56 Å². The summed E-state index contributed by atoms with van der Waals surface area (Å²) >= 11 is 0. The molecule has 0 N–H and O–H groups in total. The molecule has 168 valence electrons. The first-order valence-corrected chi connectivity index (χ1v) is 10.9. The molecular weight excluding hydrogens is 411 g/mol. The molecule has 5 heteroatoms. The third-order valence-electron chi connectivity index (χ3n) is 5.56. The van der Waals surface area contributed by atoms with E-state index >= 15 is 0 Å². The molecule has 1 amide bonds. The predicted molar refractivity (Wildman–Crippen MR) is 121 cm³/mol. The zero-order chi connectivity index (χ0) is 23.0. The minimum absolute atomic E-state index is 0.0206. The van der Waals surface area contributed by atoms with Crippen molar-refractivity contribution < 1.29 is 18.0 Å². The summed E-state index contributed by atoms with van der Waals surface area (Å²) in [5.74, 6) is 0.147. The normalized spacial score (nSPS) is 11.5. The number of hydrogen-bond donors (Lipinski definition) is 0. The highest BCUT2D eigenvalue weighted by Crippen LogP contribution is 2.30. The van der Waals surface area contributed by atoms with E-state index in [2.05, 4.69) is 24.3 Å². The van der Waals surface area contributed by atoms with Crippen molar-refractivity contribution in [2.24, 2.45) is 0 Å². The van der Waals surface area contributed by atoms with Gasteiger partial charge >= 0.3 is 6.18 Å². The molecule has 0 aliphatic carbocycles. The highest BCUT2D eigenvalue weighted by Gasteiger charge is 2.30. The predicted octanol–water partition coefficient (Wildman–Crippen LogP) is 7.06. The maximum absolute atomic E-state index is 12.9. The minimum Gasteiger partial charge on any atom is -0.338 e. The van der Waals surface area contributed by atoms with Crippen LogP contribution in [0.3, 0.4) is 0 Å². The second kappa shape index (κ2) is 11.0. The standard InChI is InChI=1S/C27H28F3NO/c1-2-9-26(32)31(20-21-14-16-24(17-15-21)27(28,29)30)19-18-25(22-10-5-3-6-11-22)23-12-7-4-8-13-23/h3-8,10-17,25H,2,9,18-20H2,1H3. The summed E-state index contributed by atoms with van der Waals surface area (Å²) < 4.78 is 38.6. The highest BCUT2D eigenvalue weighted by atomic mass is 19.4. The minimum atomic E-state index is -4.37. The van der Waals surface area contributed by atoms with Crippen LogP contribution in [0.1, 0.15) is 54.4 Å². The van der Waals surface area contributed by atoms with Gasteiger partial charge in [0, 0.05) is 25.4 Å². The van der Waals surface area contributed by atoms with Crippen LogP contribution in [0.15, 0.2) is 84.9 Å². The average Bonchev–Trinajstić information content (AvgIpc) is 2.80. The average molecular weight is 440 g/mol. The molecule has 2 nitrogen and oxygen atoms in total. The van der Waals surface area contributed by atoms with Crippen LogP contribution in [0, 0.1) is 0 Å². The van der Waals surface area contributed by atoms with Gasteiger partial charge < -0.3 is 4.90 Å². The van der Waals surface area contributed by atoms with Gasteiger partial charge in [-0.25, -0.2) is 0 Å². The van der Waals surface area contributed by atoms with Crippen LogP contribution >= 0.6 is 0 Å². The molecule has 0 aliphatic rings. The summed E-state index contributed by atoms with van der Waals surface area (Å²) in [5, 5.41) is 0. The Balaban J connectivity index is 1.79. The van der Waals surface area contributed by atoms with E-state index in [-0.39, 0.29) is 11.8 Å². The summed E-state index contributed by atoms with van der Waals surface area (Å²) in [6, 6.07) is 25.4. The Bertz CT molecular complexity index is 930. The van der Waals surface area contributed by atoms with Crippen molar-refractivity contribution in [1.29, 1.82) is 0 Å². The summed E-state index contributed by atoms with van der Waals surface area (Å²) in [6.07, 6.45) is -2.50. The van der Waals surface area contributed by atoms with Crippen molar-refractivity contribution in [2.45, 2.75) is 44.8 Å². The Morgan fingerprint density at radius 1 is 0.844 bits per heavy atom. The summed E-state index contributed by atoms with van der Waals surface area (Å²) in [7, 11) is 0. The van der Waals surface area contributed by atoms with E-state index in [1.807, 2.05) is 43.3 Å². The van der Waals surface area contributed by atoms with Gasteiger partial charge in [0.25, 0.3) is 0 Å². The molecule has 3 aromatic carbocycles. The van der Waals surface area contributed by atoms with Crippen LogP contribution < -0.4 is 0 Å². The third-order valence-corrected chi connectivity index (χ3v) is 5.56. The Kier molecular flexibility index (Phi) is 8.09. The lowest BCUT2D eigenvalue weighted by atomic mass is 9.88. The highest BCUT2D eigenvalue weighted by molar-refractivity contribution is 5.76. The molecule has 32 heavy (non-hydrogen) atoms. The van der Waals surface area contributed by atoms with E-state index < -0.39 is 11.7 Å². The number of carbonyl (C=O) groups excluding carboxylic acids is 1. The number of rotatable bonds is 9. The zero-order valence-corrected chi connectivity index (χ0v) is 18.2. The van der Waals surface area contributed by atoms with Crippen molar-refractivity contribution in [3.63, 3.8) is 0 Å². The first-order valence-electron chi connectivity index (χ1n) is 10.9. The maximum Gasteiger partial charge on any atom is 0.416 e. The maximum atomic E-state index is 12.9. The molecule has 0 aromatic heterocycles. The van der Waals surface area contributed by atoms with Crippen LogP contribution in [-0.2, 0) is 17.5 Å². The fraction of sp³-hybridized carbons (Fsp3) is 0.296. The van der Waals surface area contributed by atoms with Gasteiger partial charge in [-0.3, -0.25) is 4.79 Å². The lowest BCUT2D eigenvalue weighted by Crippen LogP contribution is -2.32. The molecule has 0 aliphatic heterocycles. The molecule has 0 spiro atoms. The number of halogens is 3. The number of amides is 1. The van der Waals surface area contributed by atoms with Crippen LogP contribution in [0.25, 0.3) is 0 Å². The van der Waals surface area contributed by atoms with Crippen LogP contribution in [0.4, 0.5) is 13.2 Å². The Morgan fingerprint density at radius 2 is 1.38 bits per heavy atom. The molecule has 0 atom stereocenters. The number of nitrogens with zero attached hydrogens (tertiary/aromatic N) is 1. The van der Waals surface area contributed by atoms with Gasteiger partial charge in [0.2, 0.25) is 5.91 Å². The van der Waals surface area contributed by atoms with E-state index in [0.29, 0.717) is 25.1 Å². The van der Waals surface area contributed by atoms with Gasteiger partial charge in [-0.2, -0.15) is 13.2 Å². The largest absolute Gasteiger partial charge is 0.416 e. The molecule has 3 rings (SSSR count). The van der Waals surface area contributed by atoms with Gasteiger partial charge in [-0.1, -0.05) is 79.7 Å². The van der Waals surface area contributed by atoms with Gasteiger partial charge in [-0.05, 0) is 41.7 Å². The second-order valence-corrected chi connectivity index (χ2v) is 7.92. The summed E-state index contributed by atoms with van der Waals surface area (Å²) in [6.45, 7) is 2.77. The van der Waals surface area contributed by atoms with E-state index in [9.17, 15) is 18.0 Å². The topological polar surface area (TPSA) is 20.3 Å². The lowest BCUT2D eigenvalue weighted by Gasteiger charge is -2.26. The van der Waals surface area contributed by atoms with Crippen molar-refractivity contribution in [3.8, 4) is 0 Å². The molecule has 0 heterocycles. The number of hydrogen-bond acceptors (Lipinski definition) is 1. The Morgan fingerprint density at radius 3 is 1.84 bits per heavy atom. The molecular formula is C27H28F3NO. The van der Waals surface area contributed by atoms with Crippen LogP contribution in [0.2, 0.25) is 0 Å². The van der Waals surface area contributed by atoms with E-state index in [1.54, 1.807) is 4.90 Å². The third kappa shape index (κ3) is 6.46. The Hall–Kier alpha value is -3.08. The van der Waals surface area contributed by atoms with E-state index in [1.165, 1.54) is 23.3 Å².